The van der Waals surface area contributed by atoms with Gasteiger partial charge in [0.25, 0.3) is 0 Å². The molecule has 0 fully saturated rings. The van der Waals surface area contributed by atoms with Crippen molar-refractivity contribution in [2.75, 3.05) is 18.4 Å². The third kappa shape index (κ3) is 3.40. The highest BCUT2D eigenvalue weighted by Crippen LogP contribution is 2.27. The zero-order valence-corrected chi connectivity index (χ0v) is 9.92. The van der Waals surface area contributed by atoms with Crippen LogP contribution in [0.2, 0.25) is 0 Å². The average molecular weight is 282 g/mol. The molecule has 0 saturated heterocycles. The van der Waals surface area contributed by atoms with Gasteiger partial charge in [-0.05, 0) is 6.54 Å². The van der Waals surface area contributed by atoms with Crippen LogP contribution in [0.25, 0.3) is 0 Å². The Kier molecular flexibility index (Phi) is 5.22. The summed E-state index contributed by atoms with van der Waals surface area (Å²) in [5.41, 5.74) is -1.34. The molecule has 0 aromatic heterocycles. The van der Waals surface area contributed by atoms with Crippen molar-refractivity contribution in [2.45, 2.75) is 13.3 Å². The number of amides is 1. The average Bonchev–Trinajstić information content (AvgIpc) is 2.39. The normalized spacial score (nSPS) is 10.6. The van der Waals surface area contributed by atoms with E-state index in [0.29, 0.717) is 6.54 Å². The van der Waals surface area contributed by atoms with Crippen molar-refractivity contribution in [2.24, 2.45) is 0 Å². The Hall–Kier alpha value is -1.70. The van der Waals surface area contributed by atoms with E-state index in [1.165, 1.54) is 0 Å². The van der Waals surface area contributed by atoms with E-state index >= 15 is 0 Å². The zero-order valence-electron chi connectivity index (χ0n) is 9.92. The number of hydrogen-bond acceptors (Lipinski definition) is 2. The Morgan fingerprint density at radius 2 is 1.42 bits per heavy atom. The topological polar surface area (TPSA) is 41.1 Å². The molecule has 0 aliphatic carbocycles. The lowest BCUT2D eigenvalue weighted by Gasteiger charge is -2.09. The van der Waals surface area contributed by atoms with Crippen molar-refractivity contribution >= 4 is 11.6 Å². The van der Waals surface area contributed by atoms with Crippen LogP contribution in [0.1, 0.15) is 13.3 Å². The minimum absolute atomic E-state index is 0.159. The molecule has 0 heterocycles. The second-order valence-corrected chi connectivity index (χ2v) is 3.60. The first-order valence-electron chi connectivity index (χ1n) is 5.42. The van der Waals surface area contributed by atoms with E-state index in [-0.39, 0.29) is 13.0 Å². The lowest BCUT2D eigenvalue weighted by atomic mass is 10.2. The molecule has 106 valence electrons. The summed E-state index contributed by atoms with van der Waals surface area (Å²) in [7, 11) is 0. The second kappa shape index (κ2) is 6.46. The van der Waals surface area contributed by atoms with Crippen molar-refractivity contribution in [1.29, 1.82) is 0 Å². The summed E-state index contributed by atoms with van der Waals surface area (Å²) >= 11 is 0. The first kappa shape index (κ1) is 15.4. The molecule has 0 aliphatic heterocycles. The molecule has 2 N–H and O–H groups in total. The smallest absolute Gasteiger partial charge is 0.225 e. The third-order valence-electron chi connectivity index (χ3n) is 2.25. The number of nitrogens with one attached hydrogen (secondary N) is 2. The molecule has 1 aromatic rings. The molecule has 1 aromatic carbocycles. The number of carbonyl (C=O) groups excluding carboxylic acids is 1. The van der Waals surface area contributed by atoms with Crippen LogP contribution in [0.5, 0.6) is 0 Å². The van der Waals surface area contributed by atoms with Crippen molar-refractivity contribution in [3.8, 4) is 0 Å². The van der Waals surface area contributed by atoms with Gasteiger partial charge in [-0.2, -0.15) is 0 Å². The van der Waals surface area contributed by atoms with Gasteiger partial charge in [0.1, 0.15) is 5.69 Å². The van der Waals surface area contributed by atoms with Crippen LogP contribution in [0.3, 0.4) is 0 Å². The standard InChI is InChI=1S/C11H11F5N2O/c1-2-17-4-3-5(19)18-11-9(15)7(13)6(12)8(14)10(11)16/h17H,2-4H2,1H3,(H,18,19). The molecule has 19 heavy (non-hydrogen) atoms. The van der Waals surface area contributed by atoms with Gasteiger partial charge in [-0.15, -0.1) is 0 Å². The molecule has 0 unspecified atom stereocenters. The van der Waals surface area contributed by atoms with E-state index in [4.69, 9.17) is 0 Å². The Balaban J connectivity index is 2.93. The molecular formula is C11H11F5N2O. The van der Waals surface area contributed by atoms with Gasteiger partial charge in [0.15, 0.2) is 23.3 Å². The minimum Gasteiger partial charge on any atom is -0.321 e. The van der Waals surface area contributed by atoms with Gasteiger partial charge >= 0.3 is 0 Å². The quantitative estimate of drug-likeness (QED) is 0.376. The first-order valence-corrected chi connectivity index (χ1v) is 5.42. The second-order valence-electron chi connectivity index (χ2n) is 3.60. The third-order valence-corrected chi connectivity index (χ3v) is 2.25. The molecular weight excluding hydrogens is 271 g/mol. The largest absolute Gasteiger partial charge is 0.321 e. The lowest BCUT2D eigenvalue weighted by molar-refractivity contribution is -0.116. The molecule has 0 spiro atoms. The molecule has 0 aliphatic rings. The van der Waals surface area contributed by atoms with Gasteiger partial charge in [0.2, 0.25) is 11.7 Å². The molecule has 0 radical (unpaired) electrons. The van der Waals surface area contributed by atoms with Crippen molar-refractivity contribution in [3.05, 3.63) is 29.1 Å². The van der Waals surface area contributed by atoms with Gasteiger partial charge < -0.3 is 10.6 Å². The zero-order chi connectivity index (χ0) is 14.6. The highest BCUT2D eigenvalue weighted by Gasteiger charge is 2.26. The maximum Gasteiger partial charge on any atom is 0.225 e. The van der Waals surface area contributed by atoms with Crippen molar-refractivity contribution < 1.29 is 26.7 Å². The van der Waals surface area contributed by atoms with Gasteiger partial charge in [0.05, 0.1) is 0 Å². The summed E-state index contributed by atoms with van der Waals surface area (Å²) in [6.45, 7) is 2.58. The number of anilines is 1. The van der Waals surface area contributed by atoms with Crippen LogP contribution in [0, 0.1) is 29.1 Å². The summed E-state index contributed by atoms with van der Waals surface area (Å²) in [5.74, 6) is -11.4. The predicted molar refractivity (Wildman–Crippen MR) is 58.0 cm³/mol. The summed E-state index contributed by atoms with van der Waals surface area (Å²) < 4.78 is 64.8. The van der Waals surface area contributed by atoms with Crippen LogP contribution in [0.15, 0.2) is 0 Å². The van der Waals surface area contributed by atoms with E-state index in [0.717, 1.165) is 0 Å². The highest BCUT2D eigenvalue weighted by atomic mass is 19.2. The van der Waals surface area contributed by atoms with Crippen molar-refractivity contribution in [3.63, 3.8) is 0 Å². The van der Waals surface area contributed by atoms with Crippen LogP contribution in [-0.4, -0.2) is 19.0 Å². The van der Waals surface area contributed by atoms with Gasteiger partial charge in [-0.25, -0.2) is 22.0 Å². The maximum absolute atomic E-state index is 13.2. The summed E-state index contributed by atoms with van der Waals surface area (Å²) in [6.07, 6.45) is -0.159. The number of hydrogen-bond donors (Lipinski definition) is 2. The SMILES string of the molecule is CCNCCC(=O)Nc1c(F)c(F)c(F)c(F)c1F. The summed E-state index contributed by atoms with van der Waals surface area (Å²) in [5, 5.41) is 4.44. The van der Waals surface area contributed by atoms with Crippen LogP contribution < -0.4 is 10.6 Å². The molecule has 1 amide bonds. The number of benzene rings is 1. The number of halogens is 5. The maximum atomic E-state index is 13.2. The highest BCUT2D eigenvalue weighted by molar-refractivity contribution is 5.91. The fourth-order valence-corrected chi connectivity index (χ4v) is 1.30. The predicted octanol–water partition coefficient (Wildman–Crippen LogP) is 2.32. The van der Waals surface area contributed by atoms with E-state index in [2.05, 4.69) is 5.32 Å². The molecule has 0 saturated carbocycles. The van der Waals surface area contributed by atoms with E-state index in [9.17, 15) is 26.7 Å². The van der Waals surface area contributed by atoms with Crippen molar-refractivity contribution in [1.82, 2.24) is 5.32 Å². The van der Waals surface area contributed by atoms with E-state index in [1.807, 2.05) is 0 Å². The fraction of sp³-hybridized carbons (Fsp3) is 0.364. The molecule has 3 nitrogen and oxygen atoms in total. The first-order chi connectivity index (χ1) is 8.90. The molecule has 1 rings (SSSR count). The van der Waals surface area contributed by atoms with Crippen LogP contribution >= 0.6 is 0 Å². The molecule has 0 atom stereocenters. The van der Waals surface area contributed by atoms with Gasteiger partial charge in [-0.3, -0.25) is 4.79 Å². The summed E-state index contributed by atoms with van der Waals surface area (Å²) in [4.78, 5) is 11.3. The molecule has 0 bridgehead atoms. The monoisotopic (exact) mass is 282 g/mol. The number of rotatable bonds is 5. The Bertz CT molecular complexity index is 463. The van der Waals surface area contributed by atoms with E-state index < -0.39 is 40.7 Å². The lowest BCUT2D eigenvalue weighted by Crippen LogP contribution is -2.23. The van der Waals surface area contributed by atoms with Crippen LogP contribution in [-0.2, 0) is 4.79 Å². The molecule has 8 heteroatoms. The van der Waals surface area contributed by atoms with E-state index in [1.54, 1.807) is 12.2 Å². The minimum atomic E-state index is -2.26. The Morgan fingerprint density at radius 3 is 1.89 bits per heavy atom. The Morgan fingerprint density at radius 1 is 0.947 bits per heavy atom. The fourth-order valence-electron chi connectivity index (χ4n) is 1.30. The number of carbonyl (C=O) groups is 1. The summed E-state index contributed by atoms with van der Waals surface area (Å²) in [6, 6.07) is 0. The van der Waals surface area contributed by atoms with Gasteiger partial charge in [0, 0.05) is 13.0 Å². The van der Waals surface area contributed by atoms with Crippen LogP contribution in [0.4, 0.5) is 27.6 Å². The van der Waals surface area contributed by atoms with Gasteiger partial charge in [-0.1, -0.05) is 6.92 Å². The Labute approximate surface area is 105 Å².